The van der Waals surface area contributed by atoms with Crippen LogP contribution in [0.25, 0.3) is 0 Å². The third kappa shape index (κ3) is 4.43. The van der Waals surface area contributed by atoms with Gasteiger partial charge in [-0.05, 0) is 70.4 Å². The summed E-state index contributed by atoms with van der Waals surface area (Å²) in [6.07, 6.45) is 0. The van der Waals surface area contributed by atoms with Crippen LogP contribution in [0, 0.1) is 27.7 Å². The van der Waals surface area contributed by atoms with Crippen LogP contribution in [0.2, 0.25) is 0 Å². The maximum Gasteiger partial charge on any atom is 0.261 e. The highest BCUT2D eigenvalue weighted by Crippen LogP contribution is 2.26. The summed E-state index contributed by atoms with van der Waals surface area (Å²) in [5, 5.41) is 2.80. The van der Waals surface area contributed by atoms with Crippen LogP contribution in [-0.4, -0.2) is 20.4 Å². The van der Waals surface area contributed by atoms with E-state index in [1.165, 1.54) is 12.1 Å². The molecule has 0 saturated carbocycles. The van der Waals surface area contributed by atoms with Crippen molar-refractivity contribution >= 4 is 21.6 Å². The van der Waals surface area contributed by atoms with Gasteiger partial charge in [0.25, 0.3) is 15.9 Å². The second-order valence-electron chi connectivity index (χ2n) is 6.98. The molecule has 2 aromatic rings. The van der Waals surface area contributed by atoms with Crippen LogP contribution in [0.4, 0.5) is 5.69 Å². The lowest BCUT2D eigenvalue weighted by Gasteiger charge is -2.16. The molecule has 1 amide bonds. The lowest BCUT2D eigenvalue weighted by atomic mass is 10.1. The fourth-order valence-electron chi connectivity index (χ4n) is 2.89. The molecular weight excluding hydrogens is 348 g/mol. The molecule has 0 aliphatic heterocycles. The van der Waals surface area contributed by atoms with Gasteiger partial charge in [-0.15, -0.1) is 0 Å². The number of hydrogen-bond donors (Lipinski definition) is 2. The molecule has 0 spiro atoms. The maximum atomic E-state index is 12.9. The Labute approximate surface area is 155 Å². The normalized spacial score (nSPS) is 11.5. The van der Waals surface area contributed by atoms with E-state index in [0.717, 1.165) is 22.3 Å². The zero-order valence-corrected chi connectivity index (χ0v) is 16.9. The van der Waals surface area contributed by atoms with E-state index in [1.807, 2.05) is 46.8 Å². The van der Waals surface area contributed by atoms with E-state index in [0.29, 0.717) is 11.3 Å². The first-order chi connectivity index (χ1) is 12.0. The Kier molecular flexibility index (Phi) is 5.76. The van der Waals surface area contributed by atoms with Gasteiger partial charge in [-0.1, -0.05) is 23.8 Å². The largest absolute Gasteiger partial charge is 0.350 e. The molecule has 0 unspecified atom stereocenters. The van der Waals surface area contributed by atoms with Crippen molar-refractivity contribution in [3.8, 4) is 0 Å². The zero-order valence-electron chi connectivity index (χ0n) is 16.1. The highest BCUT2D eigenvalue weighted by molar-refractivity contribution is 7.92. The minimum Gasteiger partial charge on any atom is -0.350 e. The van der Waals surface area contributed by atoms with Crippen molar-refractivity contribution in [2.24, 2.45) is 0 Å². The minimum atomic E-state index is -3.80. The van der Waals surface area contributed by atoms with Crippen molar-refractivity contribution in [3.63, 3.8) is 0 Å². The molecular formula is C20H26N2O3S. The molecule has 26 heavy (non-hydrogen) atoms. The summed E-state index contributed by atoms with van der Waals surface area (Å²) in [5.41, 5.74) is 4.45. The van der Waals surface area contributed by atoms with Gasteiger partial charge in [0.05, 0.1) is 10.6 Å². The fourth-order valence-corrected chi connectivity index (χ4v) is 4.12. The van der Waals surface area contributed by atoms with E-state index in [9.17, 15) is 13.2 Å². The van der Waals surface area contributed by atoms with E-state index in [2.05, 4.69) is 10.0 Å². The summed E-state index contributed by atoms with van der Waals surface area (Å²) < 4.78 is 28.4. The van der Waals surface area contributed by atoms with Crippen molar-refractivity contribution in [2.75, 3.05) is 4.72 Å². The molecule has 2 aromatic carbocycles. The zero-order chi connectivity index (χ0) is 19.6. The van der Waals surface area contributed by atoms with Crippen molar-refractivity contribution in [1.29, 1.82) is 0 Å². The number of aryl methyl sites for hydroxylation is 4. The van der Waals surface area contributed by atoms with E-state index >= 15 is 0 Å². The topological polar surface area (TPSA) is 75.3 Å². The van der Waals surface area contributed by atoms with Crippen molar-refractivity contribution in [1.82, 2.24) is 5.32 Å². The lowest BCUT2D eigenvalue weighted by Crippen LogP contribution is -2.30. The molecule has 0 heterocycles. The smallest absolute Gasteiger partial charge is 0.261 e. The number of carbonyl (C=O) groups is 1. The number of amides is 1. The van der Waals surface area contributed by atoms with E-state index in [4.69, 9.17) is 0 Å². The molecule has 0 fully saturated rings. The molecule has 0 aliphatic rings. The Morgan fingerprint density at radius 2 is 1.50 bits per heavy atom. The summed E-state index contributed by atoms with van der Waals surface area (Å²) >= 11 is 0. The number of nitrogens with one attached hydrogen (secondary N) is 2. The molecule has 0 saturated heterocycles. The van der Waals surface area contributed by atoms with Gasteiger partial charge >= 0.3 is 0 Å². The molecule has 0 aromatic heterocycles. The molecule has 140 valence electrons. The van der Waals surface area contributed by atoms with Crippen LogP contribution >= 0.6 is 0 Å². The van der Waals surface area contributed by atoms with Crippen LogP contribution in [0.3, 0.4) is 0 Å². The second-order valence-corrected chi connectivity index (χ2v) is 8.67. The summed E-state index contributed by atoms with van der Waals surface area (Å²) in [7, 11) is -3.80. The minimum absolute atomic E-state index is 0.0295. The van der Waals surface area contributed by atoms with Gasteiger partial charge in [-0.25, -0.2) is 8.42 Å². The Balaban J connectivity index is 2.43. The summed E-state index contributed by atoms with van der Waals surface area (Å²) in [4.78, 5) is 12.4. The van der Waals surface area contributed by atoms with Crippen molar-refractivity contribution in [3.05, 3.63) is 58.1 Å². The second kappa shape index (κ2) is 7.50. The van der Waals surface area contributed by atoms with E-state index < -0.39 is 10.0 Å². The highest BCUT2D eigenvalue weighted by Gasteiger charge is 2.20. The predicted octanol–water partition coefficient (Wildman–Crippen LogP) is 3.86. The van der Waals surface area contributed by atoms with Crippen LogP contribution in [0.1, 0.15) is 46.5 Å². The molecule has 2 N–H and O–H groups in total. The van der Waals surface area contributed by atoms with Gasteiger partial charge < -0.3 is 5.32 Å². The lowest BCUT2D eigenvalue weighted by molar-refractivity contribution is 0.0942. The number of rotatable bonds is 5. The van der Waals surface area contributed by atoms with E-state index in [-0.39, 0.29) is 16.8 Å². The first-order valence-corrected chi connectivity index (χ1v) is 10.0. The third-order valence-corrected chi connectivity index (χ3v) is 5.44. The third-order valence-electron chi connectivity index (χ3n) is 4.10. The quantitative estimate of drug-likeness (QED) is 0.834. The first-order valence-electron chi connectivity index (χ1n) is 8.53. The number of sulfonamides is 1. The van der Waals surface area contributed by atoms with Gasteiger partial charge in [0.2, 0.25) is 0 Å². The average Bonchev–Trinajstić information content (AvgIpc) is 2.50. The van der Waals surface area contributed by atoms with Gasteiger partial charge in [0.15, 0.2) is 0 Å². The summed E-state index contributed by atoms with van der Waals surface area (Å²) in [6, 6.07) is 8.43. The van der Waals surface area contributed by atoms with Crippen LogP contribution in [-0.2, 0) is 10.0 Å². The number of benzene rings is 2. The monoisotopic (exact) mass is 374 g/mol. The van der Waals surface area contributed by atoms with Crippen LogP contribution < -0.4 is 10.0 Å². The molecule has 6 heteroatoms. The van der Waals surface area contributed by atoms with Gasteiger partial charge in [0.1, 0.15) is 0 Å². The standard InChI is InChI=1S/C20H26N2O3S/c1-12(2)21-20(23)18-11-17(8-7-14(18)4)26(24,25)22-19-15(5)9-13(3)10-16(19)6/h7-12,22H,1-6H3,(H,21,23). The number of hydrogen-bond acceptors (Lipinski definition) is 3. The molecule has 0 bridgehead atoms. The SMILES string of the molecule is Cc1cc(C)c(NS(=O)(=O)c2ccc(C)c(C(=O)NC(C)C)c2)c(C)c1. The molecule has 5 nitrogen and oxygen atoms in total. The van der Waals surface area contributed by atoms with Crippen molar-refractivity contribution in [2.45, 2.75) is 52.5 Å². The highest BCUT2D eigenvalue weighted by atomic mass is 32.2. The van der Waals surface area contributed by atoms with Gasteiger partial charge in [0, 0.05) is 11.6 Å². The Bertz CT molecular complexity index is 925. The predicted molar refractivity (Wildman–Crippen MR) is 105 cm³/mol. The molecule has 0 radical (unpaired) electrons. The molecule has 2 rings (SSSR count). The Morgan fingerprint density at radius 1 is 0.923 bits per heavy atom. The molecule has 0 atom stereocenters. The summed E-state index contributed by atoms with van der Waals surface area (Å²) in [5.74, 6) is -0.280. The van der Waals surface area contributed by atoms with Gasteiger partial charge in [-0.2, -0.15) is 0 Å². The number of carbonyl (C=O) groups excluding carboxylic acids is 1. The first kappa shape index (κ1) is 20.0. The van der Waals surface area contributed by atoms with Crippen molar-refractivity contribution < 1.29 is 13.2 Å². The van der Waals surface area contributed by atoms with Crippen LogP contribution in [0.15, 0.2) is 35.2 Å². The van der Waals surface area contributed by atoms with Crippen LogP contribution in [0.5, 0.6) is 0 Å². The Hall–Kier alpha value is -2.34. The number of anilines is 1. The van der Waals surface area contributed by atoms with Gasteiger partial charge in [-0.3, -0.25) is 9.52 Å². The fraction of sp³-hybridized carbons (Fsp3) is 0.350. The van der Waals surface area contributed by atoms with E-state index in [1.54, 1.807) is 13.0 Å². The Morgan fingerprint density at radius 3 is 2.04 bits per heavy atom. The maximum absolute atomic E-state index is 12.9. The molecule has 0 aliphatic carbocycles. The average molecular weight is 375 g/mol. The summed E-state index contributed by atoms with van der Waals surface area (Å²) in [6.45, 7) is 11.2.